The second kappa shape index (κ2) is 6.46. The molecule has 0 aromatic rings. The Kier molecular flexibility index (Phi) is 5.58. The Labute approximate surface area is 93.9 Å². The third-order valence-electron chi connectivity index (χ3n) is 3.09. The van der Waals surface area contributed by atoms with E-state index >= 15 is 0 Å². The molecular formula is C12H26N2O. The summed E-state index contributed by atoms with van der Waals surface area (Å²) in [4.78, 5) is 2.43. The van der Waals surface area contributed by atoms with Gasteiger partial charge >= 0.3 is 0 Å². The molecule has 90 valence electrons. The van der Waals surface area contributed by atoms with Gasteiger partial charge in [-0.1, -0.05) is 20.8 Å². The van der Waals surface area contributed by atoms with Gasteiger partial charge in [0.2, 0.25) is 0 Å². The third-order valence-corrected chi connectivity index (χ3v) is 3.09. The monoisotopic (exact) mass is 214 g/mol. The second-order valence-corrected chi connectivity index (χ2v) is 5.07. The van der Waals surface area contributed by atoms with Crippen LogP contribution in [-0.2, 0) is 0 Å². The first-order valence-electron chi connectivity index (χ1n) is 6.25. The molecule has 0 spiro atoms. The van der Waals surface area contributed by atoms with Crippen molar-refractivity contribution in [3.8, 4) is 0 Å². The van der Waals surface area contributed by atoms with Crippen LogP contribution in [0, 0.1) is 5.92 Å². The molecule has 0 radical (unpaired) electrons. The number of hydrogen-bond donors (Lipinski definition) is 2. The summed E-state index contributed by atoms with van der Waals surface area (Å²) >= 11 is 0. The Hall–Kier alpha value is -0.120. The normalized spacial score (nSPS) is 28.6. The summed E-state index contributed by atoms with van der Waals surface area (Å²) in [5.41, 5.74) is 0. The molecule has 0 saturated carbocycles. The predicted octanol–water partition coefficient (Wildman–Crippen LogP) is 1.08. The highest BCUT2D eigenvalue weighted by molar-refractivity contribution is 4.85. The van der Waals surface area contributed by atoms with E-state index in [4.69, 9.17) is 0 Å². The predicted molar refractivity (Wildman–Crippen MR) is 64.0 cm³/mol. The van der Waals surface area contributed by atoms with Crippen LogP contribution in [0.1, 0.15) is 33.6 Å². The molecule has 15 heavy (non-hydrogen) atoms. The van der Waals surface area contributed by atoms with Crippen LogP contribution >= 0.6 is 0 Å². The molecule has 3 heteroatoms. The number of rotatable bonds is 5. The summed E-state index contributed by atoms with van der Waals surface area (Å²) in [5, 5.41) is 12.8. The van der Waals surface area contributed by atoms with E-state index in [2.05, 4.69) is 31.0 Å². The molecule has 1 rings (SSSR count). The number of nitrogens with zero attached hydrogens (tertiary/aromatic N) is 1. The quantitative estimate of drug-likeness (QED) is 0.719. The standard InChI is InChI=1S/C12H26N2O/c1-4-5-14-8-11(6-10(2)3)13-7-12(14)9-15/h10-13,15H,4-9H2,1-3H3. The maximum Gasteiger partial charge on any atom is 0.0599 e. The van der Waals surface area contributed by atoms with E-state index in [1.165, 1.54) is 12.8 Å². The van der Waals surface area contributed by atoms with Crippen molar-refractivity contribution >= 4 is 0 Å². The van der Waals surface area contributed by atoms with Gasteiger partial charge in [0.15, 0.2) is 0 Å². The Morgan fingerprint density at radius 1 is 1.47 bits per heavy atom. The molecule has 1 aliphatic heterocycles. The van der Waals surface area contributed by atoms with Crippen LogP contribution in [0.4, 0.5) is 0 Å². The summed E-state index contributed by atoms with van der Waals surface area (Å²) < 4.78 is 0. The SMILES string of the molecule is CCCN1CC(CC(C)C)NCC1CO. The minimum absolute atomic E-state index is 0.279. The highest BCUT2D eigenvalue weighted by Crippen LogP contribution is 2.13. The lowest BCUT2D eigenvalue weighted by atomic mass is 10.00. The number of piperazine rings is 1. The largest absolute Gasteiger partial charge is 0.395 e. The molecule has 2 unspecified atom stereocenters. The smallest absolute Gasteiger partial charge is 0.0599 e. The van der Waals surface area contributed by atoms with Crippen molar-refractivity contribution in [1.29, 1.82) is 0 Å². The number of aliphatic hydroxyl groups excluding tert-OH is 1. The van der Waals surface area contributed by atoms with Crippen LogP contribution in [0.2, 0.25) is 0 Å². The molecule has 0 aromatic heterocycles. The van der Waals surface area contributed by atoms with Gasteiger partial charge in [-0.15, -0.1) is 0 Å². The molecule has 0 aromatic carbocycles. The van der Waals surface area contributed by atoms with Gasteiger partial charge in [0.25, 0.3) is 0 Å². The summed E-state index contributed by atoms with van der Waals surface area (Å²) in [7, 11) is 0. The summed E-state index contributed by atoms with van der Waals surface area (Å²) in [6.07, 6.45) is 2.41. The molecule has 0 amide bonds. The summed E-state index contributed by atoms with van der Waals surface area (Å²) in [6, 6.07) is 0.938. The van der Waals surface area contributed by atoms with Gasteiger partial charge in [-0.05, 0) is 25.3 Å². The molecule has 1 aliphatic rings. The van der Waals surface area contributed by atoms with E-state index in [9.17, 15) is 5.11 Å². The van der Waals surface area contributed by atoms with Crippen molar-refractivity contribution in [2.45, 2.75) is 45.7 Å². The fourth-order valence-electron chi connectivity index (χ4n) is 2.40. The van der Waals surface area contributed by atoms with Crippen LogP contribution in [0.5, 0.6) is 0 Å². The molecule has 2 N–H and O–H groups in total. The van der Waals surface area contributed by atoms with E-state index in [0.29, 0.717) is 12.1 Å². The Balaban J connectivity index is 2.42. The Morgan fingerprint density at radius 3 is 2.73 bits per heavy atom. The zero-order chi connectivity index (χ0) is 11.3. The number of nitrogens with one attached hydrogen (secondary N) is 1. The molecular weight excluding hydrogens is 188 g/mol. The van der Waals surface area contributed by atoms with Crippen molar-refractivity contribution in [3.05, 3.63) is 0 Å². The first-order valence-corrected chi connectivity index (χ1v) is 6.25. The maximum atomic E-state index is 9.27. The lowest BCUT2D eigenvalue weighted by Crippen LogP contribution is -2.58. The van der Waals surface area contributed by atoms with Crippen molar-refractivity contribution in [2.75, 3.05) is 26.2 Å². The fourth-order valence-corrected chi connectivity index (χ4v) is 2.40. The molecule has 2 atom stereocenters. The average molecular weight is 214 g/mol. The number of hydrogen-bond acceptors (Lipinski definition) is 3. The lowest BCUT2D eigenvalue weighted by Gasteiger charge is -2.40. The van der Waals surface area contributed by atoms with E-state index in [-0.39, 0.29) is 6.61 Å². The summed E-state index contributed by atoms with van der Waals surface area (Å²) in [6.45, 7) is 10.2. The van der Waals surface area contributed by atoms with Gasteiger partial charge in [-0.3, -0.25) is 4.90 Å². The van der Waals surface area contributed by atoms with E-state index < -0.39 is 0 Å². The second-order valence-electron chi connectivity index (χ2n) is 5.07. The van der Waals surface area contributed by atoms with Gasteiger partial charge in [-0.25, -0.2) is 0 Å². The molecule has 0 bridgehead atoms. The molecule has 0 aliphatic carbocycles. The summed E-state index contributed by atoms with van der Waals surface area (Å²) in [5.74, 6) is 0.747. The molecule has 1 saturated heterocycles. The van der Waals surface area contributed by atoms with Crippen LogP contribution in [0.15, 0.2) is 0 Å². The molecule has 1 fully saturated rings. The van der Waals surface area contributed by atoms with E-state index in [0.717, 1.165) is 25.6 Å². The average Bonchev–Trinajstić information content (AvgIpc) is 2.18. The minimum Gasteiger partial charge on any atom is -0.395 e. The first-order chi connectivity index (χ1) is 7.17. The van der Waals surface area contributed by atoms with Crippen LogP contribution in [-0.4, -0.2) is 48.3 Å². The molecule has 3 nitrogen and oxygen atoms in total. The fraction of sp³-hybridized carbons (Fsp3) is 1.00. The van der Waals surface area contributed by atoms with E-state index in [1.807, 2.05) is 0 Å². The van der Waals surface area contributed by atoms with Gasteiger partial charge in [0.1, 0.15) is 0 Å². The zero-order valence-electron chi connectivity index (χ0n) is 10.4. The minimum atomic E-state index is 0.279. The van der Waals surface area contributed by atoms with Crippen LogP contribution in [0.25, 0.3) is 0 Å². The van der Waals surface area contributed by atoms with Gasteiger partial charge in [0.05, 0.1) is 6.61 Å². The van der Waals surface area contributed by atoms with Crippen molar-refractivity contribution in [2.24, 2.45) is 5.92 Å². The Bertz CT molecular complexity index is 173. The Morgan fingerprint density at radius 2 is 2.20 bits per heavy atom. The first kappa shape index (κ1) is 12.9. The van der Waals surface area contributed by atoms with Crippen molar-refractivity contribution < 1.29 is 5.11 Å². The number of aliphatic hydroxyl groups is 1. The third kappa shape index (κ3) is 4.09. The maximum absolute atomic E-state index is 9.27. The molecule has 1 heterocycles. The van der Waals surface area contributed by atoms with Gasteiger partial charge in [0, 0.05) is 25.2 Å². The van der Waals surface area contributed by atoms with Gasteiger partial charge < -0.3 is 10.4 Å². The highest BCUT2D eigenvalue weighted by atomic mass is 16.3. The van der Waals surface area contributed by atoms with Crippen molar-refractivity contribution in [3.63, 3.8) is 0 Å². The lowest BCUT2D eigenvalue weighted by molar-refractivity contribution is 0.0761. The van der Waals surface area contributed by atoms with Crippen molar-refractivity contribution in [1.82, 2.24) is 10.2 Å². The van der Waals surface area contributed by atoms with Gasteiger partial charge in [-0.2, -0.15) is 0 Å². The van der Waals surface area contributed by atoms with Crippen LogP contribution < -0.4 is 5.32 Å². The topological polar surface area (TPSA) is 35.5 Å². The van der Waals surface area contributed by atoms with E-state index in [1.54, 1.807) is 0 Å². The highest BCUT2D eigenvalue weighted by Gasteiger charge is 2.26. The van der Waals surface area contributed by atoms with Crippen LogP contribution in [0.3, 0.4) is 0 Å². The zero-order valence-corrected chi connectivity index (χ0v) is 10.4.